The number of thiocarbonyl (C=S) groups is 1. The molecule has 1 saturated heterocycles. The Bertz CT molecular complexity index is 1000. The van der Waals surface area contributed by atoms with Crippen LogP contribution in [0.5, 0.6) is 11.5 Å². The first-order valence-corrected chi connectivity index (χ1v) is 8.51. The highest BCUT2D eigenvalue weighted by atomic mass is 32.2. The highest BCUT2D eigenvalue weighted by Crippen LogP contribution is 2.34. The second kappa shape index (κ2) is 7.51. The molecule has 1 heterocycles. The fraction of sp³-hybridized carbons (Fsp3) is 0. The van der Waals surface area contributed by atoms with E-state index in [1.54, 1.807) is 30.3 Å². The third-order valence-electron chi connectivity index (χ3n) is 3.40. The van der Waals surface area contributed by atoms with Gasteiger partial charge in [-0.2, -0.15) is 0 Å². The number of carbonyl (C=O) groups is 1. The number of hydrogen-bond acceptors (Lipinski definition) is 8. The van der Waals surface area contributed by atoms with Crippen LogP contribution in [0, 0.1) is 20.2 Å². The monoisotopic (exact) mass is 403 g/mol. The second-order valence-electron chi connectivity index (χ2n) is 5.19. The molecule has 1 amide bonds. The number of benzene rings is 2. The molecule has 0 bridgehead atoms. The lowest BCUT2D eigenvalue weighted by molar-refractivity contribution is -0.394. The minimum Gasteiger partial charge on any atom is -0.450 e. The molecule has 3 rings (SSSR count). The highest BCUT2D eigenvalue weighted by molar-refractivity contribution is 8.26. The summed E-state index contributed by atoms with van der Waals surface area (Å²) in [7, 11) is 0. The smallest absolute Gasteiger partial charge is 0.318 e. The molecular weight excluding hydrogens is 394 g/mol. The molecule has 11 heteroatoms. The maximum absolute atomic E-state index is 11.6. The molecule has 0 aliphatic carbocycles. The first kappa shape index (κ1) is 18.5. The zero-order valence-electron chi connectivity index (χ0n) is 13.3. The molecule has 0 aromatic heterocycles. The van der Waals surface area contributed by atoms with Crippen LogP contribution >= 0.6 is 24.0 Å². The number of hydrogen-bond donors (Lipinski definition) is 1. The number of amides is 1. The minimum absolute atomic E-state index is 0.118. The summed E-state index contributed by atoms with van der Waals surface area (Å²) >= 11 is 6.07. The van der Waals surface area contributed by atoms with Crippen molar-refractivity contribution >= 4 is 51.7 Å². The summed E-state index contributed by atoms with van der Waals surface area (Å²) < 4.78 is 5.86. The van der Waals surface area contributed by atoms with Crippen molar-refractivity contribution in [2.75, 3.05) is 0 Å². The first-order valence-electron chi connectivity index (χ1n) is 7.29. The zero-order valence-corrected chi connectivity index (χ0v) is 14.9. The number of carbonyl (C=O) groups excluding carboxylic acids is 1. The van der Waals surface area contributed by atoms with Crippen molar-refractivity contribution in [3.05, 3.63) is 73.2 Å². The topological polar surface area (TPSA) is 125 Å². The third kappa shape index (κ3) is 4.27. The van der Waals surface area contributed by atoms with Crippen LogP contribution in [0.15, 0.2) is 47.4 Å². The van der Waals surface area contributed by atoms with Crippen molar-refractivity contribution in [3.63, 3.8) is 0 Å². The van der Waals surface area contributed by atoms with Gasteiger partial charge < -0.3 is 10.1 Å². The Hall–Kier alpha value is -3.31. The van der Waals surface area contributed by atoms with Crippen LogP contribution in [0.25, 0.3) is 6.08 Å². The normalized spacial score (nSPS) is 14.9. The molecule has 0 saturated carbocycles. The Morgan fingerprint density at radius 2 is 1.78 bits per heavy atom. The highest BCUT2D eigenvalue weighted by Gasteiger charge is 2.22. The van der Waals surface area contributed by atoms with E-state index in [4.69, 9.17) is 17.0 Å². The molecule has 0 spiro atoms. The fourth-order valence-corrected chi connectivity index (χ4v) is 3.22. The van der Waals surface area contributed by atoms with Crippen LogP contribution < -0.4 is 10.1 Å². The lowest BCUT2D eigenvalue weighted by atomic mass is 10.2. The molecule has 0 unspecified atom stereocenters. The molecule has 0 atom stereocenters. The van der Waals surface area contributed by atoms with Gasteiger partial charge in [-0.05, 0) is 29.8 Å². The van der Waals surface area contributed by atoms with Crippen molar-refractivity contribution in [1.82, 2.24) is 5.32 Å². The molecule has 1 aliphatic heterocycles. The largest absolute Gasteiger partial charge is 0.450 e. The van der Waals surface area contributed by atoms with Gasteiger partial charge in [-0.3, -0.25) is 25.0 Å². The van der Waals surface area contributed by atoms with Crippen LogP contribution in [0.4, 0.5) is 11.4 Å². The van der Waals surface area contributed by atoms with Gasteiger partial charge in [0.1, 0.15) is 10.1 Å². The number of nitrogens with one attached hydrogen (secondary N) is 1. The molecule has 136 valence electrons. The van der Waals surface area contributed by atoms with Crippen molar-refractivity contribution < 1.29 is 19.4 Å². The van der Waals surface area contributed by atoms with Gasteiger partial charge in [-0.25, -0.2) is 0 Å². The van der Waals surface area contributed by atoms with Gasteiger partial charge in [0.25, 0.3) is 11.6 Å². The van der Waals surface area contributed by atoms with E-state index < -0.39 is 21.2 Å². The van der Waals surface area contributed by atoms with Gasteiger partial charge in [0, 0.05) is 6.07 Å². The summed E-state index contributed by atoms with van der Waals surface area (Å²) in [5, 5.41) is 24.4. The van der Waals surface area contributed by atoms with Gasteiger partial charge in [0.2, 0.25) is 5.75 Å². The predicted octanol–water partition coefficient (Wildman–Crippen LogP) is 3.78. The minimum atomic E-state index is -0.750. The molecule has 2 aromatic rings. The SMILES string of the molecule is O=C1NC(=S)S/C1=C/c1ccc(Oc2ccc([N+](=O)[O-])cc2[N+](=O)[O-])cc1. The Balaban J connectivity index is 1.82. The van der Waals surface area contributed by atoms with Crippen molar-refractivity contribution in [3.8, 4) is 11.5 Å². The Labute approximate surface area is 161 Å². The second-order valence-corrected chi connectivity index (χ2v) is 6.91. The lowest BCUT2D eigenvalue weighted by Crippen LogP contribution is -2.17. The number of nitro benzene ring substituents is 2. The maximum atomic E-state index is 11.6. The molecule has 9 nitrogen and oxygen atoms in total. The van der Waals surface area contributed by atoms with Gasteiger partial charge >= 0.3 is 5.69 Å². The Kier molecular flexibility index (Phi) is 5.14. The van der Waals surface area contributed by atoms with Gasteiger partial charge in [0.15, 0.2) is 0 Å². The van der Waals surface area contributed by atoms with E-state index in [-0.39, 0.29) is 11.7 Å². The summed E-state index contributed by atoms with van der Waals surface area (Å²) in [6.45, 7) is 0. The number of thioether (sulfide) groups is 1. The van der Waals surface area contributed by atoms with Crippen LogP contribution in [0.1, 0.15) is 5.56 Å². The Morgan fingerprint density at radius 1 is 1.07 bits per heavy atom. The van der Waals surface area contributed by atoms with E-state index in [0.717, 1.165) is 23.9 Å². The van der Waals surface area contributed by atoms with Crippen LogP contribution in [-0.4, -0.2) is 20.1 Å². The predicted molar refractivity (Wildman–Crippen MR) is 103 cm³/mol. The number of nitrogens with zero attached hydrogens (tertiary/aromatic N) is 2. The van der Waals surface area contributed by atoms with Gasteiger partial charge in [0.05, 0.1) is 20.8 Å². The van der Waals surface area contributed by atoms with Crippen LogP contribution in [-0.2, 0) is 4.79 Å². The summed E-state index contributed by atoms with van der Waals surface area (Å²) in [4.78, 5) is 32.5. The van der Waals surface area contributed by atoms with E-state index in [0.29, 0.717) is 20.5 Å². The lowest BCUT2D eigenvalue weighted by Gasteiger charge is -2.06. The van der Waals surface area contributed by atoms with Crippen molar-refractivity contribution in [2.45, 2.75) is 0 Å². The average Bonchev–Trinajstić information content (AvgIpc) is 2.93. The zero-order chi connectivity index (χ0) is 19.6. The van der Waals surface area contributed by atoms with Crippen LogP contribution in [0.2, 0.25) is 0 Å². The van der Waals surface area contributed by atoms with Crippen molar-refractivity contribution in [2.24, 2.45) is 0 Å². The molecule has 1 fully saturated rings. The summed E-state index contributed by atoms with van der Waals surface area (Å²) in [6.07, 6.45) is 1.65. The van der Waals surface area contributed by atoms with E-state index in [1.807, 2.05) is 0 Å². The molecule has 1 N–H and O–H groups in total. The maximum Gasteiger partial charge on any atom is 0.318 e. The van der Waals surface area contributed by atoms with E-state index in [9.17, 15) is 25.0 Å². The van der Waals surface area contributed by atoms with E-state index in [1.165, 1.54) is 6.07 Å². The Morgan fingerprint density at radius 3 is 2.33 bits per heavy atom. The molecule has 27 heavy (non-hydrogen) atoms. The van der Waals surface area contributed by atoms with E-state index >= 15 is 0 Å². The summed E-state index contributed by atoms with van der Waals surface area (Å²) in [5.74, 6) is -0.0900. The fourth-order valence-electron chi connectivity index (χ4n) is 2.18. The third-order valence-corrected chi connectivity index (χ3v) is 4.56. The molecule has 0 radical (unpaired) electrons. The first-order chi connectivity index (χ1) is 12.8. The number of non-ortho nitro benzene ring substituents is 1. The van der Waals surface area contributed by atoms with E-state index in [2.05, 4.69) is 5.32 Å². The standard InChI is InChI=1S/C16H9N3O6S2/c20-15-14(27-16(26)17-15)7-9-1-4-11(5-2-9)25-13-6-3-10(18(21)22)8-12(13)19(23)24/h1-8H,(H,17,20,26)/b14-7+. The quantitative estimate of drug-likeness (QED) is 0.346. The van der Waals surface area contributed by atoms with Gasteiger partial charge in [-0.15, -0.1) is 0 Å². The summed E-state index contributed by atoms with van der Waals surface area (Å²) in [5.41, 5.74) is -0.202. The molecular formula is C16H9N3O6S2. The molecule has 1 aliphatic rings. The van der Waals surface area contributed by atoms with Crippen LogP contribution in [0.3, 0.4) is 0 Å². The van der Waals surface area contributed by atoms with Crippen molar-refractivity contribution in [1.29, 1.82) is 0 Å². The number of ether oxygens (including phenoxy) is 1. The van der Waals surface area contributed by atoms with Gasteiger partial charge in [-0.1, -0.05) is 36.1 Å². The number of nitro groups is 2. The number of rotatable bonds is 5. The molecule has 2 aromatic carbocycles. The average molecular weight is 403 g/mol. The summed E-state index contributed by atoms with van der Waals surface area (Å²) in [6, 6.07) is 9.59.